The lowest BCUT2D eigenvalue weighted by atomic mass is 10.1. The molecule has 1 aromatic carbocycles. The summed E-state index contributed by atoms with van der Waals surface area (Å²) < 4.78 is 26.4. The van der Waals surface area contributed by atoms with Crippen LogP contribution in [0.1, 0.15) is 31.9 Å². The van der Waals surface area contributed by atoms with Crippen molar-refractivity contribution in [3.63, 3.8) is 0 Å². The molecule has 0 aliphatic heterocycles. The summed E-state index contributed by atoms with van der Waals surface area (Å²) in [6.07, 6.45) is 0.154. The molecule has 0 aromatic heterocycles. The van der Waals surface area contributed by atoms with Gasteiger partial charge in [0.05, 0.1) is 0 Å². The van der Waals surface area contributed by atoms with Crippen molar-refractivity contribution in [2.75, 3.05) is 0 Å². The van der Waals surface area contributed by atoms with Crippen molar-refractivity contribution in [1.82, 2.24) is 5.32 Å². The zero-order chi connectivity index (χ0) is 13.0. The number of hydrogen-bond acceptors (Lipinski definition) is 2. The first kappa shape index (κ1) is 13.6. The summed E-state index contributed by atoms with van der Waals surface area (Å²) in [5.74, 6) is -1.40. The summed E-state index contributed by atoms with van der Waals surface area (Å²) in [4.78, 5) is 10.7. The number of nitrogens with two attached hydrogens (primary N) is 1. The van der Waals surface area contributed by atoms with Crippen LogP contribution in [-0.4, -0.2) is 11.9 Å². The van der Waals surface area contributed by atoms with Gasteiger partial charge < -0.3 is 11.1 Å². The second-order valence-corrected chi connectivity index (χ2v) is 4.13. The first-order chi connectivity index (χ1) is 7.90. The van der Waals surface area contributed by atoms with E-state index in [2.05, 4.69) is 5.32 Å². The number of carbonyl (C=O) groups is 1. The fourth-order valence-electron chi connectivity index (χ4n) is 1.72. The van der Waals surface area contributed by atoms with Crippen LogP contribution in [0.5, 0.6) is 0 Å². The molecular formula is C12H16F2N2O. The number of primary amides is 1. The van der Waals surface area contributed by atoms with Crippen LogP contribution in [0.15, 0.2) is 18.2 Å². The maximum Gasteiger partial charge on any atom is 0.218 e. The minimum atomic E-state index is -0.488. The van der Waals surface area contributed by atoms with Crippen molar-refractivity contribution in [3.8, 4) is 0 Å². The van der Waals surface area contributed by atoms with Crippen LogP contribution in [-0.2, 0) is 4.79 Å². The second-order valence-electron chi connectivity index (χ2n) is 4.13. The zero-order valence-corrected chi connectivity index (χ0v) is 9.84. The van der Waals surface area contributed by atoms with E-state index in [1.165, 1.54) is 0 Å². The molecule has 0 spiro atoms. The van der Waals surface area contributed by atoms with E-state index in [1.54, 1.807) is 13.8 Å². The third-order valence-electron chi connectivity index (χ3n) is 2.47. The third kappa shape index (κ3) is 4.11. The normalized spacial score (nSPS) is 14.4. The fourth-order valence-corrected chi connectivity index (χ4v) is 1.72. The van der Waals surface area contributed by atoms with Crippen molar-refractivity contribution in [3.05, 3.63) is 35.4 Å². The molecule has 1 rings (SSSR count). The Morgan fingerprint density at radius 1 is 1.41 bits per heavy atom. The molecule has 17 heavy (non-hydrogen) atoms. The summed E-state index contributed by atoms with van der Waals surface area (Å²) in [6.45, 7) is 3.47. The average molecular weight is 242 g/mol. The van der Waals surface area contributed by atoms with Crippen LogP contribution in [0.3, 0.4) is 0 Å². The third-order valence-corrected chi connectivity index (χ3v) is 2.47. The SMILES string of the molecule is CC(CC(N)=O)NC(C)c1cc(F)ccc1F. The molecular weight excluding hydrogens is 226 g/mol. The van der Waals surface area contributed by atoms with Crippen molar-refractivity contribution in [2.45, 2.75) is 32.4 Å². The highest BCUT2D eigenvalue weighted by molar-refractivity contribution is 5.74. The second kappa shape index (κ2) is 5.72. The summed E-state index contributed by atoms with van der Waals surface area (Å²) >= 11 is 0. The van der Waals surface area contributed by atoms with Crippen molar-refractivity contribution in [2.24, 2.45) is 5.73 Å². The molecule has 1 aromatic rings. The molecule has 3 nitrogen and oxygen atoms in total. The predicted octanol–water partition coefficient (Wildman–Crippen LogP) is 1.88. The monoisotopic (exact) mass is 242 g/mol. The smallest absolute Gasteiger partial charge is 0.218 e. The number of benzene rings is 1. The molecule has 1 amide bonds. The Bertz CT molecular complexity index is 409. The zero-order valence-electron chi connectivity index (χ0n) is 9.84. The van der Waals surface area contributed by atoms with Crippen molar-refractivity contribution < 1.29 is 13.6 Å². The van der Waals surface area contributed by atoms with Gasteiger partial charge in [0, 0.05) is 24.1 Å². The van der Waals surface area contributed by atoms with Gasteiger partial charge >= 0.3 is 0 Å². The van der Waals surface area contributed by atoms with Gasteiger partial charge in [0.1, 0.15) is 11.6 Å². The van der Waals surface area contributed by atoms with Gasteiger partial charge in [0.2, 0.25) is 5.91 Å². The molecule has 0 saturated carbocycles. The Morgan fingerprint density at radius 3 is 2.65 bits per heavy atom. The van der Waals surface area contributed by atoms with E-state index in [4.69, 9.17) is 5.73 Å². The Balaban J connectivity index is 2.72. The summed E-state index contributed by atoms with van der Waals surface area (Å²) in [6, 6.07) is 2.72. The molecule has 5 heteroatoms. The lowest BCUT2D eigenvalue weighted by Crippen LogP contribution is -2.33. The molecule has 94 valence electrons. The Hall–Kier alpha value is -1.49. The average Bonchev–Trinajstić information content (AvgIpc) is 2.20. The lowest BCUT2D eigenvalue weighted by Gasteiger charge is -2.19. The molecule has 3 N–H and O–H groups in total. The molecule has 2 atom stereocenters. The molecule has 0 saturated heterocycles. The summed E-state index contributed by atoms with van der Waals surface area (Å²) in [5, 5.41) is 2.99. The Labute approximate surface area is 99.0 Å². The molecule has 0 aliphatic carbocycles. The first-order valence-corrected chi connectivity index (χ1v) is 5.39. The van der Waals surface area contributed by atoms with Gasteiger partial charge in [-0.3, -0.25) is 4.79 Å². The molecule has 0 aliphatic rings. The lowest BCUT2D eigenvalue weighted by molar-refractivity contribution is -0.118. The largest absolute Gasteiger partial charge is 0.370 e. The minimum absolute atomic E-state index is 0.154. The number of nitrogens with one attached hydrogen (secondary N) is 1. The highest BCUT2D eigenvalue weighted by Gasteiger charge is 2.15. The summed E-state index contributed by atoms with van der Waals surface area (Å²) in [5.41, 5.74) is 5.29. The fraction of sp³-hybridized carbons (Fsp3) is 0.417. The van der Waals surface area contributed by atoms with Crippen molar-refractivity contribution in [1.29, 1.82) is 0 Å². The van der Waals surface area contributed by atoms with Gasteiger partial charge in [-0.05, 0) is 32.0 Å². The molecule has 0 radical (unpaired) electrons. The number of rotatable bonds is 5. The predicted molar refractivity (Wildman–Crippen MR) is 61.2 cm³/mol. The Morgan fingerprint density at radius 2 is 2.06 bits per heavy atom. The highest BCUT2D eigenvalue weighted by atomic mass is 19.1. The summed E-state index contributed by atoms with van der Waals surface area (Å²) in [7, 11) is 0. The quantitative estimate of drug-likeness (QED) is 0.828. The van der Waals surface area contributed by atoms with E-state index in [1.807, 2.05) is 0 Å². The number of amides is 1. The van der Waals surface area contributed by atoms with Crippen LogP contribution in [0, 0.1) is 11.6 Å². The minimum Gasteiger partial charge on any atom is -0.370 e. The van der Waals surface area contributed by atoms with E-state index >= 15 is 0 Å². The van der Waals surface area contributed by atoms with Crippen LogP contribution >= 0.6 is 0 Å². The maximum absolute atomic E-state index is 13.4. The van der Waals surface area contributed by atoms with E-state index in [0.717, 1.165) is 18.2 Å². The van der Waals surface area contributed by atoms with Crippen LogP contribution < -0.4 is 11.1 Å². The standard InChI is InChI=1S/C12H16F2N2O/c1-7(5-12(15)17)16-8(2)10-6-9(13)3-4-11(10)14/h3-4,6-8,16H,5H2,1-2H3,(H2,15,17). The molecule has 2 unspecified atom stereocenters. The maximum atomic E-state index is 13.4. The van der Waals surface area contributed by atoms with Crippen LogP contribution in [0.4, 0.5) is 8.78 Å². The van der Waals surface area contributed by atoms with Gasteiger partial charge in [0.25, 0.3) is 0 Å². The van der Waals surface area contributed by atoms with Crippen LogP contribution in [0.2, 0.25) is 0 Å². The van der Waals surface area contributed by atoms with E-state index in [9.17, 15) is 13.6 Å². The molecule has 0 heterocycles. The number of carbonyl (C=O) groups excluding carboxylic acids is 1. The van der Waals surface area contributed by atoms with Gasteiger partial charge in [-0.25, -0.2) is 8.78 Å². The van der Waals surface area contributed by atoms with Crippen molar-refractivity contribution >= 4 is 5.91 Å². The number of hydrogen-bond donors (Lipinski definition) is 2. The van der Waals surface area contributed by atoms with Gasteiger partial charge in [-0.15, -0.1) is 0 Å². The van der Waals surface area contributed by atoms with E-state index in [0.29, 0.717) is 0 Å². The van der Waals surface area contributed by atoms with E-state index < -0.39 is 17.5 Å². The van der Waals surface area contributed by atoms with Crippen LogP contribution in [0.25, 0.3) is 0 Å². The number of halogens is 2. The van der Waals surface area contributed by atoms with E-state index in [-0.39, 0.29) is 24.1 Å². The molecule has 0 bridgehead atoms. The van der Waals surface area contributed by atoms with Gasteiger partial charge in [-0.1, -0.05) is 0 Å². The van der Waals surface area contributed by atoms with Gasteiger partial charge in [0.15, 0.2) is 0 Å². The first-order valence-electron chi connectivity index (χ1n) is 5.39. The molecule has 0 fully saturated rings. The Kier molecular flexibility index (Phi) is 4.57. The topological polar surface area (TPSA) is 55.1 Å². The van der Waals surface area contributed by atoms with Gasteiger partial charge in [-0.2, -0.15) is 0 Å². The highest BCUT2D eigenvalue weighted by Crippen LogP contribution is 2.18.